The molecule has 16 heavy (non-hydrogen) atoms. The van der Waals surface area contributed by atoms with Crippen molar-refractivity contribution in [1.29, 1.82) is 0 Å². The molecule has 5 heteroatoms. The first kappa shape index (κ1) is 13.2. The summed E-state index contributed by atoms with van der Waals surface area (Å²) < 4.78 is 25.4. The topological polar surface area (TPSA) is 63.4 Å². The zero-order valence-corrected chi connectivity index (χ0v) is 10.7. The minimum atomic E-state index is -3.39. The third-order valence-corrected chi connectivity index (χ3v) is 4.48. The van der Waals surface area contributed by atoms with Crippen molar-refractivity contribution in [2.75, 3.05) is 20.1 Å². The van der Waals surface area contributed by atoms with Gasteiger partial charge < -0.3 is 5.73 Å². The number of benzene rings is 1. The molecule has 1 aromatic carbocycles. The predicted molar refractivity (Wildman–Crippen MR) is 64.8 cm³/mol. The summed E-state index contributed by atoms with van der Waals surface area (Å²) in [6, 6.07) is 5.14. The van der Waals surface area contributed by atoms with Gasteiger partial charge in [0.1, 0.15) is 0 Å². The molecule has 0 aliphatic carbocycles. The summed E-state index contributed by atoms with van der Waals surface area (Å²) in [5.41, 5.74) is 7.41. The Morgan fingerprint density at radius 2 is 1.88 bits per heavy atom. The Hall–Kier alpha value is -0.910. The molecule has 0 amide bonds. The Labute approximate surface area is 97.1 Å². The maximum absolute atomic E-state index is 12.1. The molecule has 0 bridgehead atoms. The van der Waals surface area contributed by atoms with E-state index in [0.717, 1.165) is 11.1 Å². The van der Waals surface area contributed by atoms with Gasteiger partial charge in [0.05, 0.1) is 4.90 Å². The smallest absolute Gasteiger partial charge is 0.242 e. The van der Waals surface area contributed by atoms with Crippen molar-refractivity contribution in [1.82, 2.24) is 4.31 Å². The fourth-order valence-corrected chi connectivity index (χ4v) is 2.63. The molecule has 0 aromatic heterocycles. The summed E-state index contributed by atoms with van der Waals surface area (Å²) in [7, 11) is -1.85. The Kier molecular flexibility index (Phi) is 4.07. The van der Waals surface area contributed by atoms with Crippen LogP contribution in [0.25, 0.3) is 0 Å². The maximum atomic E-state index is 12.1. The number of nitrogens with zero attached hydrogens (tertiary/aromatic N) is 1. The molecule has 0 aliphatic heterocycles. The van der Waals surface area contributed by atoms with E-state index in [1.807, 2.05) is 19.9 Å². The van der Waals surface area contributed by atoms with Crippen LogP contribution in [0.2, 0.25) is 0 Å². The summed E-state index contributed by atoms with van der Waals surface area (Å²) in [6.45, 7) is 4.50. The lowest BCUT2D eigenvalue weighted by atomic mass is 10.1. The highest BCUT2D eigenvalue weighted by molar-refractivity contribution is 7.89. The first-order chi connectivity index (χ1) is 7.39. The van der Waals surface area contributed by atoms with E-state index in [2.05, 4.69) is 0 Å². The van der Waals surface area contributed by atoms with Crippen molar-refractivity contribution in [2.24, 2.45) is 5.73 Å². The van der Waals surface area contributed by atoms with E-state index < -0.39 is 10.0 Å². The summed E-state index contributed by atoms with van der Waals surface area (Å²) >= 11 is 0. The largest absolute Gasteiger partial charge is 0.329 e. The lowest BCUT2D eigenvalue weighted by Crippen LogP contribution is -2.31. The number of hydrogen-bond acceptors (Lipinski definition) is 3. The van der Waals surface area contributed by atoms with Crippen molar-refractivity contribution < 1.29 is 8.42 Å². The fourth-order valence-electron chi connectivity index (χ4n) is 1.36. The quantitative estimate of drug-likeness (QED) is 0.852. The minimum absolute atomic E-state index is 0.320. The second kappa shape index (κ2) is 4.95. The second-order valence-electron chi connectivity index (χ2n) is 3.86. The van der Waals surface area contributed by atoms with Gasteiger partial charge in [0.2, 0.25) is 10.0 Å². The van der Waals surface area contributed by atoms with E-state index in [9.17, 15) is 8.42 Å². The Bertz CT molecular complexity index is 469. The van der Waals surface area contributed by atoms with Crippen LogP contribution in [0, 0.1) is 13.8 Å². The zero-order valence-electron chi connectivity index (χ0n) is 9.90. The molecule has 0 spiro atoms. The lowest BCUT2D eigenvalue weighted by Gasteiger charge is -2.16. The molecule has 1 aromatic rings. The summed E-state index contributed by atoms with van der Waals surface area (Å²) in [6.07, 6.45) is 0. The van der Waals surface area contributed by atoms with Crippen molar-refractivity contribution in [3.8, 4) is 0 Å². The third kappa shape index (κ3) is 2.61. The van der Waals surface area contributed by atoms with E-state index in [-0.39, 0.29) is 0 Å². The monoisotopic (exact) mass is 242 g/mol. The van der Waals surface area contributed by atoms with E-state index in [1.54, 1.807) is 12.1 Å². The van der Waals surface area contributed by atoms with Crippen LogP contribution in [-0.2, 0) is 10.0 Å². The molecule has 2 N–H and O–H groups in total. The van der Waals surface area contributed by atoms with Crippen molar-refractivity contribution >= 4 is 10.0 Å². The van der Waals surface area contributed by atoms with Gasteiger partial charge in [-0.2, -0.15) is 4.31 Å². The number of nitrogens with two attached hydrogens (primary N) is 1. The average Bonchev–Trinajstić information content (AvgIpc) is 2.22. The molecule has 0 radical (unpaired) electrons. The minimum Gasteiger partial charge on any atom is -0.329 e. The Morgan fingerprint density at radius 1 is 1.25 bits per heavy atom. The van der Waals surface area contributed by atoms with Crippen LogP contribution in [0.15, 0.2) is 23.1 Å². The number of likely N-dealkylation sites (N-methyl/N-ethyl adjacent to an activating group) is 1. The lowest BCUT2D eigenvalue weighted by molar-refractivity contribution is 0.476. The predicted octanol–water partition coefficient (Wildman–Crippen LogP) is 0.883. The van der Waals surface area contributed by atoms with Crippen LogP contribution >= 0.6 is 0 Å². The molecule has 4 nitrogen and oxygen atoms in total. The molecule has 0 saturated carbocycles. The number of hydrogen-bond donors (Lipinski definition) is 1. The first-order valence-corrected chi connectivity index (χ1v) is 6.57. The molecule has 0 aliphatic rings. The molecule has 0 heterocycles. The van der Waals surface area contributed by atoms with E-state index in [4.69, 9.17) is 5.73 Å². The van der Waals surface area contributed by atoms with Gasteiger partial charge in [-0.05, 0) is 37.1 Å². The van der Waals surface area contributed by atoms with Crippen molar-refractivity contribution in [2.45, 2.75) is 18.7 Å². The summed E-state index contributed by atoms with van der Waals surface area (Å²) in [5.74, 6) is 0. The summed E-state index contributed by atoms with van der Waals surface area (Å²) in [5, 5.41) is 0. The van der Waals surface area contributed by atoms with E-state index in [0.29, 0.717) is 18.0 Å². The molecular weight excluding hydrogens is 224 g/mol. The van der Waals surface area contributed by atoms with Crippen LogP contribution in [0.5, 0.6) is 0 Å². The molecule has 90 valence electrons. The average molecular weight is 242 g/mol. The van der Waals surface area contributed by atoms with Crippen molar-refractivity contribution in [3.63, 3.8) is 0 Å². The number of rotatable bonds is 4. The molecule has 0 fully saturated rings. The summed E-state index contributed by atoms with van der Waals surface area (Å²) in [4.78, 5) is 0.326. The first-order valence-electron chi connectivity index (χ1n) is 5.13. The van der Waals surface area contributed by atoms with E-state index in [1.165, 1.54) is 11.4 Å². The van der Waals surface area contributed by atoms with Crippen LogP contribution in [0.3, 0.4) is 0 Å². The molecule has 1 rings (SSSR count). The van der Waals surface area contributed by atoms with Gasteiger partial charge in [0.15, 0.2) is 0 Å². The molecule has 0 saturated heterocycles. The van der Waals surface area contributed by atoms with Gasteiger partial charge in [-0.15, -0.1) is 0 Å². The number of aryl methyl sites for hydroxylation is 2. The van der Waals surface area contributed by atoms with Crippen LogP contribution in [-0.4, -0.2) is 32.9 Å². The SMILES string of the molecule is Cc1ccc(S(=O)(=O)N(C)CCN)cc1C. The van der Waals surface area contributed by atoms with Gasteiger partial charge in [0, 0.05) is 20.1 Å². The fraction of sp³-hybridized carbons (Fsp3) is 0.455. The highest BCUT2D eigenvalue weighted by Crippen LogP contribution is 2.17. The zero-order chi connectivity index (χ0) is 12.3. The maximum Gasteiger partial charge on any atom is 0.242 e. The standard InChI is InChI=1S/C11H18N2O2S/c1-9-4-5-11(8-10(9)2)16(14,15)13(3)7-6-12/h4-5,8H,6-7,12H2,1-3H3. The van der Waals surface area contributed by atoms with Gasteiger partial charge in [-0.25, -0.2) is 8.42 Å². The van der Waals surface area contributed by atoms with Gasteiger partial charge >= 0.3 is 0 Å². The van der Waals surface area contributed by atoms with Crippen LogP contribution in [0.4, 0.5) is 0 Å². The number of sulfonamides is 1. The van der Waals surface area contributed by atoms with Gasteiger partial charge in [0.25, 0.3) is 0 Å². The highest BCUT2D eigenvalue weighted by atomic mass is 32.2. The van der Waals surface area contributed by atoms with Crippen LogP contribution < -0.4 is 5.73 Å². The normalized spacial score (nSPS) is 12.1. The molecule has 0 unspecified atom stereocenters. The third-order valence-electron chi connectivity index (χ3n) is 2.63. The Balaban J connectivity index is 3.12. The highest BCUT2D eigenvalue weighted by Gasteiger charge is 2.19. The van der Waals surface area contributed by atoms with Gasteiger partial charge in [-0.3, -0.25) is 0 Å². The van der Waals surface area contributed by atoms with Crippen molar-refractivity contribution in [3.05, 3.63) is 29.3 Å². The van der Waals surface area contributed by atoms with Gasteiger partial charge in [-0.1, -0.05) is 6.07 Å². The molecule has 0 atom stereocenters. The Morgan fingerprint density at radius 3 is 2.38 bits per heavy atom. The van der Waals surface area contributed by atoms with Crippen LogP contribution in [0.1, 0.15) is 11.1 Å². The molecular formula is C11H18N2O2S. The van der Waals surface area contributed by atoms with E-state index >= 15 is 0 Å². The second-order valence-corrected chi connectivity index (χ2v) is 5.91.